The Hall–Kier alpha value is -8.00. The average molecular weight is 1090 g/mol. The molecular formula is C67H78N8O6. The molecule has 0 spiro atoms. The van der Waals surface area contributed by atoms with Gasteiger partial charge in [0.05, 0.1) is 30.0 Å². The standard InChI is InChI=1S/C34H40N4O3.C33H38N4O3/c1-9-38-29-13-12-28(23(6)32(29)35-36-38)31(24(7)34(40)41-8)26-11-10-25-14-15-37(18-27(25)17-26)33(39)30-21(4)19(2)16-20(3)22(30)5;1-8-37-28-12-11-27(22(6)31(28)34-35-37)30(23(7)33(39)40)25-10-9-24-13-14-36(17-26(24)16-25)32(38)29-20(4)18(2)15-19(3)21(29)5/h10-13,16-17,24,31H,9,14-15,18H2,1-8H3;9-12,15-16,23,30H,8,13-14,17H2,1-7H3,(H,39,40)/t24-,31+;23-,30+/m11/s1. The molecule has 10 rings (SSSR count). The summed E-state index contributed by atoms with van der Waals surface area (Å²) in [5.41, 5.74) is 24.5. The second kappa shape index (κ2) is 23.2. The minimum atomic E-state index is -0.850. The van der Waals surface area contributed by atoms with Crippen LogP contribution in [0, 0.1) is 81.1 Å². The van der Waals surface area contributed by atoms with E-state index in [0.717, 1.165) is 142 Å². The Morgan fingerprint density at radius 1 is 0.519 bits per heavy atom. The SMILES string of the molecule is CCn1nnc2c(C)c([C@H](c3ccc4c(c3)CN(C(=O)c3c(C)c(C)cc(C)c3C)CC4)[C@@H](C)C(=O)O)ccc21.CCn1nnc2c(C)c([C@H](c3ccc4c(c3)CN(C(=O)c3c(C)c(C)cc(C)c3C)CC4)[C@@H](C)C(=O)OC)ccc21. The van der Waals surface area contributed by atoms with Crippen LogP contribution in [0.5, 0.6) is 0 Å². The summed E-state index contributed by atoms with van der Waals surface area (Å²) < 4.78 is 8.95. The number of benzene rings is 6. The van der Waals surface area contributed by atoms with Crippen LogP contribution < -0.4 is 0 Å². The fraction of sp³-hybridized carbons (Fsp3) is 0.403. The highest BCUT2D eigenvalue weighted by Gasteiger charge is 2.34. The minimum absolute atomic E-state index is 0.0635. The van der Waals surface area contributed by atoms with Crippen molar-refractivity contribution < 1.29 is 29.0 Å². The molecule has 0 radical (unpaired) electrons. The number of methoxy groups -OCH3 is 1. The summed E-state index contributed by atoms with van der Waals surface area (Å²) in [6.45, 7) is 32.0. The molecule has 2 aliphatic heterocycles. The van der Waals surface area contributed by atoms with Gasteiger partial charge in [0.15, 0.2) is 0 Å². The Morgan fingerprint density at radius 3 is 1.26 bits per heavy atom. The highest BCUT2D eigenvalue weighted by Crippen LogP contribution is 2.41. The van der Waals surface area contributed by atoms with Gasteiger partial charge in [-0.1, -0.05) is 84.9 Å². The van der Waals surface area contributed by atoms with Crippen LogP contribution in [0.3, 0.4) is 0 Å². The van der Waals surface area contributed by atoms with Crippen LogP contribution in [0.15, 0.2) is 72.8 Å². The van der Waals surface area contributed by atoms with Gasteiger partial charge in [-0.25, -0.2) is 9.36 Å². The lowest BCUT2D eigenvalue weighted by atomic mass is 9.78. The third kappa shape index (κ3) is 10.7. The number of carboxylic acid groups (broad SMARTS) is 1. The largest absolute Gasteiger partial charge is 0.481 e. The van der Waals surface area contributed by atoms with Gasteiger partial charge in [-0.3, -0.25) is 19.2 Å². The maximum absolute atomic E-state index is 13.9. The molecule has 0 saturated heterocycles. The number of aliphatic carboxylic acids is 1. The molecule has 2 amide bonds. The van der Waals surface area contributed by atoms with E-state index in [1.165, 1.54) is 18.2 Å². The quantitative estimate of drug-likeness (QED) is 0.116. The molecule has 0 aliphatic carbocycles. The molecule has 0 unspecified atom stereocenters. The number of nitrogens with zero attached hydrogens (tertiary/aromatic N) is 8. The van der Waals surface area contributed by atoms with Gasteiger partial charge < -0.3 is 19.6 Å². The Morgan fingerprint density at radius 2 is 0.901 bits per heavy atom. The number of rotatable bonds is 12. The zero-order valence-corrected chi connectivity index (χ0v) is 50.0. The van der Waals surface area contributed by atoms with E-state index in [4.69, 9.17) is 4.74 Å². The van der Waals surface area contributed by atoms with Gasteiger partial charge in [-0.2, -0.15) is 0 Å². The summed E-state index contributed by atoms with van der Waals surface area (Å²) in [6, 6.07) is 25.2. The molecule has 0 fully saturated rings. The number of carboxylic acids is 1. The Balaban J connectivity index is 0.000000196. The van der Waals surface area contributed by atoms with Gasteiger partial charge >= 0.3 is 11.9 Å². The molecule has 4 atom stereocenters. The summed E-state index contributed by atoms with van der Waals surface area (Å²) in [6.07, 6.45) is 1.57. The maximum Gasteiger partial charge on any atom is 0.309 e. The van der Waals surface area contributed by atoms with Crippen LogP contribution in [-0.4, -0.2) is 88.8 Å². The smallest absolute Gasteiger partial charge is 0.309 e. The third-order valence-electron chi connectivity index (χ3n) is 18.1. The van der Waals surface area contributed by atoms with Crippen molar-refractivity contribution in [3.05, 3.63) is 184 Å². The predicted octanol–water partition coefficient (Wildman–Crippen LogP) is 12.2. The monoisotopic (exact) mass is 1090 g/mol. The van der Waals surface area contributed by atoms with Gasteiger partial charge in [-0.15, -0.1) is 10.2 Å². The first-order valence-corrected chi connectivity index (χ1v) is 28.5. The van der Waals surface area contributed by atoms with Crippen LogP contribution in [0.25, 0.3) is 22.1 Å². The highest BCUT2D eigenvalue weighted by molar-refractivity contribution is 5.99. The van der Waals surface area contributed by atoms with Crippen LogP contribution in [0.4, 0.5) is 0 Å². The van der Waals surface area contributed by atoms with Gasteiger partial charge in [0.2, 0.25) is 0 Å². The van der Waals surface area contributed by atoms with E-state index in [-0.39, 0.29) is 29.6 Å². The minimum Gasteiger partial charge on any atom is -0.481 e. The molecule has 8 aromatic rings. The van der Waals surface area contributed by atoms with E-state index in [1.807, 2.05) is 92.8 Å². The van der Waals surface area contributed by atoms with E-state index in [0.29, 0.717) is 32.7 Å². The first-order valence-electron chi connectivity index (χ1n) is 28.5. The summed E-state index contributed by atoms with van der Waals surface area (Å²) in [4.78, 5) is 56.9. The van der Waals surface area contributed by atoms with Gasteiger partial charge in [0.1, 0.15) is 11.0 Å². The van der Waals surface area contributed by atoms with E-state index in [9.17, 15) is 24.3 Å². The highest BCUT2D eigenvalue weighted by atomic mass is 16.5. The van der Waals surface area contributed by atoms with Crippen LogP contribution in [-0.2, 0) is 53.3 Å². The lowest BCUT2D eigenvalue weighted by Gasteiger charge is -2.32. The topological polar surface area (TPSA) is 166 Å². The molecule has 1 N–H and O–H groups in total. The van der Waals surface area contributed by atoms with Gasteiger partial charge in [0, 0.05) is 62.2 Å². The van der Waals surface area contributed by atoms with E-state index < -0.39 is 17.8 Å². The van der Waals surface area contributed by atoms with Crippen molar-refractivity contribution in [2.24, 2.45) is 11.8 Å². The second-order valence-electron chi connectivity index (χ2n) is 22.8. The van der Waals surface area contributed by atoms with Crippen molar-refractivity contribution in [2.45, 2.75) is 148 Å². The Bertz CT molecular complexity index is 3760. The molecule has 81 heavy (non-hydrogen) atoms. The first kappa shape index (κ1) is 57.7. The maximum atomic E-state index is 13.9. The van der Waals surface area contributed by atoms with E-state index in [2.05, 4.69) is 110 Å². The number of hydrogen-bond donors (Lipinski definition) is 1. The van der Waals surface area contributed by atoms with Crippen molar-refractivity contribution >= 4 is 45.8 Å². The molecular weight excluding hydrogens is 1010 g/mol. The lowest BCUT2D eigenvalue weighted by Crippen LogP contribution is -2.37. The molecule has 422 valence electrons. The van der Waals surface area contributed by atoms with Crippen molar-refractivity contribution in [2.75, 3.05) is 20.2 Å². The number of amides is 2. The molecule has 2 aromatic heterocycles. The summed E-state index contributed by atoms with van der Waals surface area (Å²) in [5.74, 6) is -2.64. The third-order valence-corrected chi connectivity index (χ3v) is 18.1. The number of aryl methyl sites for hydroxylation is 8. The van der Waals surface area contributed by atoms with Crippen molar-refractivity contribution in [3.8, 4) is 0 Å². The number of carbonyl (C=O) groups is 4. The molecule has 4 heterocycles. The van der Waals surface area contributed by atoms with Crippen molar-refractivity contribution in [1.82, 2.24) is 39.8 Å². The number of ether oxygens (including phenoxy) is 1. The summed E-state index contributed by atoms with van der Waals surface area (Å²) >= 11 is 0. The summed E-state index contributed by atoms with van der Waals surface area (Å²) in [5, 5.41) is 27.6. The number of hydrogen-bond acceptors (Lipinski definition) is 9. The zero-order valence-electron chi connectivity index (χ0n) is 50.0. The van der Waals surface area contributed by atoms with Gasteiger partial charge in [-0.05, 0) is 208 Å². The average Bonchev–Trinajstić information content (AvgIpc) is 4.12. The second-order valence-corrected chi connectivity index (χ2v) is 22.8. The zero-order chi connectivity index (χ0) is 58.5. The normalized spacial score (nSPS) is 14.7. The van der Waals surface area contributed by atoms with Crippen LogP contribution >= 0.6 is 0 Å². The predicted molar refractivity (Wildman–Crippen MR) is 318 cm³/mol. The van der Waals surface area contributed by atoms with Crippen molar-refractivity contribution in [3.63, 3.8) is 0 Å². The Labute approximate surface area is 476 Å². The van der Waals surface area contributed by atoms with Crippen LogP contribution in [0.1, 0.15) is 160 Å². The first-order chi connectivity index (χ1) is 38.6. The molecule has 14 heteroatoms. The molecule has 14 nitrogen and oxygen atoms in total. The molecule has 2 aliphatic rings. The number of fused-ring (bicyclic) bond motifs is 4. The van der Waals surface area contributed by atoms with E-state index in [1.54, 1.807) is 6.92 Å². The van der Waals surface area contributed by atoms with Crippen molar-refractivity contribution in [1.29, 1.82) is 0 Å². The molecule has 0 saturated carbocycles. The van der Waals surface area contributed by atoms with Crippen LogP contribution in [0.2, 0.25) is 0 Å². The lowest BCUT2D eigenvalue weighted by molar-refractivity contribution is -0.145. The fourth-order valence-corrected chi connectivity index (χ4v) is 12.7. The number of esters is 1. The molecule has 6 aromatic carbocycles. The molecule has 0 bridgehead atoms. The van der Waals surface area contributed by atoms with Gasteiger partial charge in [0.25, 0.3) is 11.8 Å². The number of aromatic nitrogens is 6. The van der Waals surface area contributed by atoms with E-state index >= 15 is 0 Å². The fourth-order valence-electron chi connectivity index (χ4n) is 12.7. The summed E-state index contributed by atoms with van der Waals surface area (Å²) in [7, 11) is 1.44. The number of carbonyl (C=O) groups excluding carboxylic acids is 3. The Kier molecular flexibility index (Phi) is 16.5.